The summed E-state index contributed by atoms with van der Waals surface area (Å²) in [7, 11) is 1.60. The first kappa shape index (κ1) is 13.7. The normalized spacial score (nSPS) is 11.6. The third-order valence-electron chi connectivity index (χ3n) is 2.96. The molecule has 0 radical (unpaired) electrons. The Morgan fingerprint density at radius 2 is 2.00 bits per heavy atom. The summed E-state index contributed by atoms with van der Waals surface area (Å²) < 4.78 is 7.26. The highest BCUT2D eigenvalue weighted by atomic mass is 35.5. The lowest BCUT2D eigenvalue weighted by Crippen LogP contribution is -2.22. The van der Waals surface area contributed by atoms with Crippen molar-refractivity contribution in [3.8, 4) is 17.0 Å². The van der Waals surface area contributed by atoms with E-state index in [4.69, 9.17) is 22.1 Å². The topological polar surface area (TPSA) is 53.1 Å². The summed E-state index contributed by atoms with van der Waals surface area (Å²) in [5.41, 5.74) is 7.44. The van der Waals surface area contributed by atoms with E-state index < -0.39 is 0 Å². The van der Waals surface area contributed by atoms with E-state index in [1.807, 2.05) is 16.7 Å². The van der Waals surface area contributed by atoms with Gasteiger partial charge in [0.25, 0.3) is 0 Å². The summed E-state index contributed by atoms with van der Waals surface area (Å²) in [4.78, 5) is 4.40. The molecule has 4 nitrogen and oxygen atoms in total. The lowest BCUT2D eigenvalue weighted by Gasteiger charge is -2.22. The van der Waals surface area contributed by atoms with Crippen LogP contribution in [0.5, 0.6) is 5.75 Å². The molecule has 0 unspecified atom stereocenters. The van der Waals surface area contributed by atoms with Crippen LogP contribution in [-0.4, -0.2) is 16.7 Å². The molecule has 5 heteroatoms. The Hall–Kier alpha value is -1.68. The highest BCUT2D eigenvalue weighted by molar-refractivity contribution is 6.33. The highest BCUT2D eigenvalue weighted by Crippen LogP contribution is 2.39. The molecular weight excluding hydrogens is 262 g/mol. The van der Waals surface area contributed by atoms with Gasteiger partial charge in [-0.05, 0) is 32.9 Å². The molecule has 2 rings (SSSR count). The van der Waals surface area contributed by atoms with Crippen LogP contribution < -0.4 is 10.5 Å². The van der Waals surface area contributed by atoms with Crippen molar-refractivity contribution in [3.05, 3.63) is 29.5 Å². The Bertz CT molecular complexity index is 599. The summed E-state index contributed by atoms with van der Waals surface area (Å²) >= 11 is 6.25. The summed E-state index contributed by atoms with van der Waals surface area (Å²) in [6.45, 7) is 6.20. The van der Waals surface area contributed by atoms with Gasteiger partial charge in [-0.15, -0.1) is 0 Å². The van der Waals surface area contributed by atoms with E-state index in [1.165, 1.54) is 0 Å². The van der Waals surface area contributed by atoms with Gasteiger partial charge < -0.3 is 15.0 Å². The minimum Gasteiger partial charge on any atom is -0.496 e. The van der Waals surface area contributed by atoms with Crippen molar-refractivity contribution in [1.82, 2.24) is 9.55 Å². The molecule has 1 aromatic heterocycles. The molecule has 0 aliphatic heterocycles. The standard InChI is InChI=1S/C14H18ClN3O/c1-14(2,3)18-8-17-12(13(18)16)11-9(15)6-5-7-10(11)19-4/h5-8H,16H2,1-4H3. The second-order valence-corrected chi connectivity index (χ2v) is 5.74. The maximum absolute atomic E-state index is 6.25. The number of benzene rings is 1. The maximum atomic E-state index is 6.25. The maximum Gasteiger partial charge on any atom is 0.132 e. The van der Waals surface area contributed by atoms with E-state index in [-0.39, 0.29) is 5.54 Å². The second-order valence-electron chi connectivity index (χ2n) is 5.34. The fourth-order valence-electron chi connectivity index (χ4n) is 1.99. The second kappa shape index (κ2) is 4.78. The number of hydrogen-bond donors (Lipinski definition) is 1. The molecule has 19 heavy (non-hydrogen) atoms. The van der Waals surface area contributed by atoms with Crippen LogP contribution in [0, 0.1) is 0 Å². The largest absolute Gasteiger partial charge is 0.496 e. The van der Waals surface area contributed by atoms with Crippen LogP contribution in [0.2, 0.25) is 5.02 Å². The Labute approximate surface area is 118 Å². The van der Waals surface area contributed by atoms with Crippen LogP contribution in [-0.2, 0) is 5.54 Å². The van der Waals surface area contributed by atoms with E-state index in [0.29, 0.717) is 22.3 Å². The fourth-order valence-corrected chi connectivity index (χ4v) is 2.24. The van der Waals surface area contributed by atoms with Gasteiger partial charge in [-0.1, -0.05) is 17.7 Å². The van der Waals surface area contributed by atoms with E-state index in [2.05, 4.69) is 25.8 Å². The van der Waals surface area contributed by atoms with Crippen LogP contribution >= 0.6 is 11.6 Å². The van der Waals surface area contributed by atoms with Crippen LogP contribution in [0.15, 0.2) is 24.5 Å². The first-order valence-electron chi connectivity index (χ1n) is 6.02. The van der Waals surface area contributed by atoms with Crippen LogP contribution in [0.25, 0.3) is 11.3 Å². The zero-order valence-electron chi connectivity index (χ0n) is 11.6. The molecule has 0 saturated heterocycles. The molecule has 0 fully saturated rings. The number of nitrogen functional groups attached to an aromatic ring is 1. The molecule has 2 N–H and O–H groups in total. The summed E-state index contributed by atoms with van der Waals surface area (Å²) in [5, 5.41) is 0.574. The van der Waals surface area contributed by atoms with Crippen molar-refractivity contribution < 1.29 is 4.74 Å². The molecular formula is C14H18ClN3O. The number of ether oxygens (including phenoxy) is 1. The number of nitrogens with zero attached hydrogens (tertiary/aromatic N) is 2. The van der Waals surface area contributed by atoms with E-state index in [0.717, 1.165) is 5.56 Å². The lowest BCUT2D eigenvalue weighted by atomic mass is 10.1. The number of methoxy groups -OCH3 is 1. The Balaban J connectivity index is 2.64. The lowest BCUT2D eigenvalue weighted by molar-refractivity contribution is 0.402. The quantitative estimate of drug-likeness (QED) is 0.915. The molecule has 0 amide bonds. The molecule has 0 bridgehead atoms. The van der Waals surface area contributed by atoms with E-state index >= 15 is 0 Å². The van der Waals surface area contributed by atoms with E-state index in [9.17, 15) is 0 Å². The van der Waals surface area contributed by atoms with E-state index in [1.54, 1.807) is 19.5 Å². The van der Waals surface area contributed by atoms with Gasteiger partial charge in [0.2, 0.25) is 0 Å². The van der Waals surface area contributed by atoms with Gasteiger partial charge in [0, 0.05) is 5.54 Å². The minimum atomic E-state index is -0.135. The van der Waals surface area contributed by atoms with Gasteiger partial charge in [0.1, 0.15) is 17.3 Å². The van der Waals surface area contributed by atoms with Crippen LogP contribution in [0.4, 0.5) is 5.82 Å². The SMILES string of the molecule is COc1cccc(Cl)c1-c1ncn(C(C)(C)C)c1N. The summed E-state index contributed by atoms with van der Waals surface area (Å²) in [6, 6.07) is 5.48. The molecule has 1 heterocycles. The number of nitrogens with two attached hydrogens (primary N) is 1. The molecule has 0 aliphatic carbocycles. The minimum absolute atomic E-state index is 0.135. The molecule has 102 valence electrons. The van der Waals surface area contributed by atoms with Crippen molar-refractivity contribution in [1.29, 1.82) is 0 Å². The molecule has 2 aromatic rings. The number of rotatable bonds is 2. The number of halogens is 1. The smallest absolute Gasteiger partial charge is 0.132 e. The average Bonchev–Trinajstić information content (AvgIpc) is 2.70. The van der Waals surface area contributed by atoms with Gasteiger partial charge in [0.05, 0.1) is 24.0 Å². The molecule has 1 aromatic carbocycles. The number of aromatic nitrogens is 2. The number of anilines is 1. The molecule has 0 atom stereocenters. The number of imidazole rings is 1. The molecule has 0 aliphatic rings. The number of hydrogen-bond acceptors (Lipinski definition) is 3. The zero-order valence-corrected chi connectivity index (χ0v) is 12.3. The Morgan fingerprint density at radius 1 is 1.32 bits per heavy atom. The van der Waals surface area contributed by atoms with Gasteiger partial charge >= 0.3 is 0 Å². The monoisotopic (exact) mass is 279 g/mol. The first-order chi connectivity index (χ1) is 8.86. The third kappa shape index (κ3) is 2.40. The Kier molecular flexibility index (Phi) is 3.45. The zero-order chi connectivity index (χ0) is 14.2. The van der Waals surface area contributed by atoms with Crippen molar-refractivity contribution in [2.24, 2.45) is 0 Å². The average molecular weight is 280 g/mol. The van der Waals surface area contributed by atoms with Gasteiger partial charge in [0.15, 0.2) is 0 Å². The highest BCUT2D eigenvalue weighted by Gasteiger charge is 2.22. The third-order valence-corrected chi connectivity index (χ3v) is 3.27. The first-order valence-corrected chi connectivity index (χ1v) is 6.40. The fraction of sp³-hybridized carbons (Fsp3) is 0.357. The summed E-state index contributed by atoms with van der Waals surface area (Å²) in [5.74, 6) is 1.25. The Morgan fingerprint density at radius 3 is 2.53 bits per heavy atom. The molecule has 0 saturated carbocycles. The van der Waals surface area contributed by atoms with Crippen molar-refractivity contribution in [2.75, 3.05) is 12.8 Å². The van der Waals surface area contributed by atoms with Crippen molar-refractivity contribution in [3.63, 3.8) is 0 Å². The van der Waals surface area contributed by atoms with Crippen LogP contribution in [0.1, 0.15) is 20.8 Å². The summed E-state index contributed by atoms with van der Waals surface area (Å²) in [6.07, 6.45) is 1.73. The van der Waals surface area contributed by atoms with Gasteiger partial charge in [-0.3, -0.25) is 0 Å². The van der Waals surface area contributed by atoms with Gasteiger partial charge in [-0.2, -0.15) is 0 Å². The van der Waals surface area contributed by atoms with Gasteiger partial charge in [-0.25, -0.2) is 4.98 Å². The predicted octanol–water partition coefficient (Wildman–Crippen LogP) is 3.55. The van der Waals surface area contributed by atoms with Crippen LogP contribution in [0.3, 0.4) is 0 Å². The van der Waals surface area contributed by atoms with Crippen molar-refractivity contribution >= 4 is 17.4 Å². The van der Waals surface area contributed by atoms with Crippen molar-refractivity contribution in [2.45, 2.75) is 26.3 Å². The predicted molar refractivity (Wildman–Crippen MR) is 78.6 cm³/mol. The molecule has 0 spiro atoms.